The molecule has 0 spiro atoms. The minimum Gasteiger partial charge on any atom is -0.354 e. The number of nitrogens with one attached hydrogen (secondary N) is 1. The molecule has 0 radical (unpaired) electrons. The Bertz CT molecular complexity index is 1190. The lowest BCUT2D eigenvalue weighted by molar-refractivity contribution is -0.121. The first kappa shape index (κ1) is 24.9. The molecule has 0 aliphatic rings. The fourth-order valence-corrected chi connectivity index (χ4v) is 5.48. The molecule has 0 fully saturated rings. The largest absolute Gasteiger partial charge is 0.354 e. The van der Waals surface area contributed by atoms with Crippen molar-refractivity contribution in [3.05, 3.63) is 59.9 Å². The highest BCUT2D eigenvalue weighted by Crippen LogP contribution is 2.22. The maximum Gasteiger partial charge on any atom is 0.243 e. The third kappa shape index (κ3) is 6.00. The average molecular weight is 471 g/mol. The lowest BCUT2D eigenvalue weighted by atomic mass is 10.1. The van der Waals surface area contributed by atoms with Crippen molar-refractivity contribution < 1.29 is 13.2 Å². The van der Waals surface area contributed by atoms with Gasteiger partial charge >= 0.3 is 0 Å². The van der Waals surface area contributed by atoms with Crippen LogP contribution >= 0.6 is 0 Å². The number of sulfonamides is 1. The van der Waals surface area contributed by atoms with E-state index in [1.165, 1.54) is 9.87 Å². The summed E-state index contributed by atoms with van der Waals surface area (Å²) in [6, 6.07) is 15.4. The van der Waals surface area contributed by atoms with Gasteiger partial charge in [-0.25, -0.2) is 13.4 Å². The second-order valence-corrected chi connectivity index (χ2v) is 10.3. The minimum absolute atomic E-state index is 0.00702. The van der Waals surface area contributed by atoms with Gasteiger partial charge in [0.1, 0.15) is 5.82 Å². The SMILES string of the molecule is CCN(CC)S(=O)(=O)c1ccc2c(c1)nc(CCC(=O)NC(C)CCc1ccccc1)n2C. The van der Waals surface area contributed by atoms with Gasteiger partial charge in [0, 0.05) is 39.0 Å². The van der Waals surface area contributed by atoms with Crippen molar-refractivity contribution in [1.29, 1.82) is 0 Å². The molecule has 1 unspecified atom stereocenters. The van der Waals surface area contributed by atoms with Crippen LogP contribution in [0.1, 0.15) is 45.0 Å². The second kappa shape index (κ2) is 10.9. The summed E-state index contributed by atoms with van der Waals surface area (Å²) in [4.78, 5) is 17.3. The summed E-state index contributed by atoms with van der Waals surface area (Å²) in [7, 11) is -1.65. The van der Waals surface area contributed by atoms with Gasteiger partial charge in [0.2, 0.25) is 15.9 Å². The van der Waals surface area contributed by atoms with E-state index in [0.717, 1.165) is 24.2 Å². The van der Waals surface area contributed by atoms with Crippen LogP contribution in [0.3, 0.4) is 0 Å². The third-order valence-corrected chi connectivity index (χ3v) is 8.03. The number of carbonyl (C=O) groups is 1. The predicted octanol–water partition coefficient (Wildman–Crippen LogP) is 3.67. The number of carbonyl (C=O) groups excluding carboxylic acids is 1. The second-order valence-electron chi connectivity index (χ2n) is 8.32. The highest BCUT2D eigenvalue weighted by atomic mass is 32.2. The number of rotatable bonds is 11. The van der Waals surface area contributed by atoms with Gasteiger partial charge < -0.3 is 9.88 Å². The number of benzene rings is 2. The summed E-state index contributed by atoms with van der Waals surface area (Å²) >= 11 is 0. The van der Waals surface area contributed by atoms with E-state index in [1.54, 1.807) is 18.2 Å². The predicted molar refractivity (Wildman–Crippen MR) is 132 cm³/mol. The topological polar surface area (TPSA) is 84.3 Å². The van der Waals surface area contributed by atoms with Crippen LogP contribution in [0.5, 0.6) is 0 Å². The number of imidazole rings is 1. The number of fused-ring (bicyclic) bond motifs is 1. The lowest BCUT2D eigenvalue weighted by Crippen LogP contribution is -2.33. The van der Waals surface area contributed by atoms with E-state index in [2.05, 4.69) is 22.4 Å². The molecule has 0 aliphatic carbocycles. The first-order valence-electron chi connectivity index (χ1n) is 11.5. The van der Waals surface area contributed by atoms with Gasteiger partial charge in [-0.1, -0.05) is 44.2 Å². The fraction of sp³-hybridized carbons (Fsp3) is 0.440. The number of aryl methyl sites for hydroxylation is 3. The normalized spacial score (nSPS) is 12.9. The Morgan fingerprint density at radius 1 is 1.09 bits per heavy atom. The van der Waals surface area contributed by atoms with Crippen molar-refractivity contribution >= 4 is 27.0 Å². The van der Waals surface area contributed by atoms with Crippen LogP contribution in [0.15, 0.2) is 53.4 Å². The number of aromatic nitrogens is 2. The molecular formula is C25H34N4O3S. The van der Waals surface area contributed by atoms with Crippen molar-refractivity contribution in [1.82, 2.24) is 19.2 Å². The van der Waals surface area contributed by atoms with E-state index in [-0.39, 0.29) is 16.8 Å². The molecule has 1 amide bonds. The Hall–Kier alpha value is -2.71. The maximum absolute atomic E-state index is 12.8. The van der Waals surface area contributed by atoms with E-state index in [1.807, 2.05) is 50.6 Å². The van der Waals surface area contributed by atoms with Crippen molar-refractivity contribution in [2.45, 2.75) is 57.4 Å². The van der Waals surface area contributed by atoms with Gasteiger partial charge in [-0.2, -0.15) is 4.31 Å². The molecule has 1 heterocycles. The first-order valence-corrected chi connectivity index (χ1v) is 13.0. The van der Waals surface area contributed by atoms with Gasteiger partial charge in [0.05, 0.1) is 15.9 Å². The Kier molecular flexibility index (Phi) is 8.26. The molecule has 0 bridgehead atoms. The van der Waals surface area contributed by atoms with E-state index < -0.39 is 10.0 Å². The summed E-state index contributed by atoms with van der Waals surface area (Å²) in [6.07, 6.45) is 2.62. The lowest BCUT2D eigenvalue weighted by Gasteiger charge is -2.18. The van der Waals surface area contributed by atoms with Crippen LogP contribution in [0.25, 0.3) is 11.0 Å². The van der Waals surface area contributed by atoms with E-state index in [0.29, 0.717) is 31.4 Å². The Morgan fingerprint density at radius 3 is 2.45 bits per heavy atom. The van der Waals surface area contributed by atoms with Gasteiger partial charge in [0.15, 0.2) is 0 Å². The van der Waals surface area contributed by atoms with Crippen LogP contribution in [-0.2, 0) is 34.7 Å². The molecule has 0 saturated carbocycles. The quantitative estimate of drug-likeness (QED) is 0.463. The van der Waals surface area contributed by atoms with Gasteiger partial charge in [-0.15, -0.1) is 0 Å². The zero-order chi connectivity index (χ0) is 24.0. The van der Waals surface area contributed by atoms with Crippen LogP contribution in [-0.4, -0.2) is 47.3 Å². The smallest absolute Gasteiger partial charge is 0.243 e. The Balaban J connectivity index is 1.62. The average Bonchev–Trinajstić information content (AvgIpc) is 3.12. The number of amides is 1. The molecule has 1 aromatic heterocycles. The van der Waals surface area contributed by atoms with E-state index in [4.69, 9.17) is 0 Å². The van der Waals surface area contributed by atoms with Crippen molar-refractivity contribution in [2.24, 2.45) is 7.05 Å². The molecule has 2 aromatic carbocycles. The standard InChI is InChI=1S/C25H34N4O3S/c1-5-29(6-2)33(31,32)21-14-15-23-22(18-21)27-24(28(23)4)16-17-25(30)26-19(3)12-13-20-10-8-7-9-11-20/h7-11,14-15,18-19H,5-6,12-13,16-17H2,1-4H3,(H,26,30). The third-order valence-electron chi connectivity index (χ3n) is 5.98. The van der Waals surface area contributed by atoms with E-state index >= 15 is 0 Å². The molecular weight excluding hydrogens is 436 g/mol. The van der Waals surface area contributed by atoms with Gasteiger partial charge in [-0.3, -0.25) is 4.79 Å². The fourth-order valence-electron chi connectivity index (χ4n) is 4.00. The molecule has 7 nitrogen and oxygen atoms in total. The van der Waals surface area contributed by atoms with Crippen molar-refractivity contribution in [3.63, 3.8) is 0 Å². The molecule has 178 valence electrons. The molecule has 0 saturated heterocycles. The van der Waals surface area contributed by atoms with Crippen LogP contribution in [0.4, 0.5) is 0 Å². The Morgan fingerprint density at radius 2 is 1.79 bits per heavy atom. The molecule has 8 heteroatoms. The molecule has 3 rings (SSSR count). The molecule has 1 N–H and O–H groups in total. The van der Waals surface area contributed by atoms with Crippen molar-refractivity contribution in [3.8, 4) is 0 Å². The zero-order valence-corrected chi connectivity index (χ0v) is 20.7. The maximum atomic E-state index is 12.8. The molecule has 33 heavy (non-hydrogen) atoms. The Labute approximate surface area is 196 Å². The first-order chi connectivity index (χ1) is 15.8. The highest BCUT2D eigenvalue weighted by molar-refractivity contribution is 7.89. The van der Waals surface area contributed by atoms with Crippen LogP contribution < -0.4 is 5.32 Å². The summed E-state index contributed by atoms with van der Waals surface area (Å²) < 4.78 is 29.0. The van der Waals surface area contributed by atoms with Gasteiger partial charge in [-0.05, 0) is 43.5 Å². The summed E-state index contributed by atoms with van der Waals surface area (Å²) in [5, 5.41) is 3.07. The summed E-state index contributed by atoms with van der Waals surface area (Å²) in [5.41, 5.74) is 2.73. The zero-order valence-electron chi connectivity index (χ0n) is 19.9. The summed E-state index contributed by atoms with van der Waals surface area (Å²) in [5.74, 6) is 0.752. The molecule has 1 atom stereocenters. The van der Waals surface area contributed by atoms with Crippen LogP contribution in [0, 0.1) is 0 Å². The van der Waals surface area contributed by atoms with E-state index in [9.17, 15) is 13.2 Å². The number of nitrogens with zero attached hydrogens (tertiary/aromatic N) is 3. The van der Waals surface area contributed by atoms with Crippen LogP contribution in [0.2, 0.25) is 0 Å². The highest BCUT2D eigenvalue weighted by Gasteiger charge is 2.23. The minimum atomic E-state index is -3.54. The molecule has 3 aromatic rings. The number of hydrogen-bond acceptors (Lipinski definition) is 4. The van der Waals surface area contributed by atoms with Crippen molar-refractivity contribution in [2.75, 3.05) is 13.1 Å². The molecule has 0 aliphatic heterocycles. The number of hydrogen-bond donors (Lipinski definition) is 1. The van der Waals surface area contributed by atoms with Gasteiger partial charge in [0.25, 0.3) is 0 Å². The monoisotopic (exact) mass is 470 g/mol. The summed E-state index contributed by atoms with van der Waals surface area (Å²) in [6.45, 7) is 6.51.